The maximum absolute atomic E-state index is 10.9. The number of nitrogens with zero attached hydrogens (tertiary/aromatic N) is 1. The summed E-state index contributed by atoms with van der Waals surface area (Å²) < 4.78 is 24.5. The smallest absolute Gasteiger partial charge is 0.258 e. The molecule has 0 radical (unpaired) electrons. The zero-order chi connectivity index (χ0) is 12.3. The van der Waals surface area contributed by atoms with Crippen molar-refractivity contribution in [3.63, 3.8) is 0 Å². The first kappa shape index (κ1) is 13.1. The number of nitrogens with one attached hydrogen (secondary N) is 1. The number of nitro benzene ring substituents is 1. The standard InChI is InChI=1S/C8H9BrN2O4S/c1-16(14,15)10-5-6-7(9)3-2-4-8(6)11(12)13/h2-4,10H,5H2,1H3. The van der Waals surface area contributed by atoms with Crippen LogP contribution in [0.15, 0.2) is 22.7 Å². The molecule has 0 aromatic heterocycles. The highest BCUT2D eigenvalue weighted by Crippen LogP contribution is 2.26. The highest BCUT2D eigenvalue weighted by Gasteiger charge is 2.17. The molecule has 0 amide bonds. The predicted octanol–water partition coefficient (Wildman–Crippen LogP) is 1.41. The maximum Gasteiger partial charge on any atom is 0.275 e. The first-order valence-corrected chi connectivity index (χ1v) is 6.86. The van der Waals surface area contributed by atoms with E-state index in [2.05, 4.69) is 20.7 Å². The Morgan fingerprint density at radius 2 is 2.12 bits per heavy atom. The number of hydrogen-bond acceptors (Lipinski definition) is 4. The summed E-state index contributed by atoms with van der Waals surface area (Å²) in [7, 11) is -3.37. The van der Waals surface area contributed by atoms with E-state index in [4.69, 9.17) is 0 Å². The van der Waals surface area contributed by atoms with Crippen molar-refractivity contribution in [3.05, 3.63) is 38.3 Å². The van der Waals surface area contributed by atoms with Crippen LogP contribution >= 0.6 is 15.9 Å². The minimum atomic E-state index is -3.37. The molecule has 0 bridgehead atoms. The lowest BCUT2D eigenvalue weighted by molar-refractivity contribution is -0.385. The molecule has 0 saturated heterocycles. The summed E-state index contributed by atoms with van der Waals surface area (Å²) in [6.07, 6.45) is 0.996. The van der Waals surface area contributed by atoms with Gasteiger partial charge in [-0.25, -0.2) is 13.1 Å². The first-order valence-electron chi connectivity index (χ1n) is 4.17. The summed E-state index contributed by atoms with van der Waals surface area (Å²) in [5.74, 6) is 0. The van der Waals surface area contributed by atoms with Crippen LogP contribution in [-0.4, -0.2) is 19.6 Å². The Balaban J connectivity index is 3.07. The molecule has 8 heteroatoms. The van der Waals surface area contributed by atoms with Crippen LogP contribution in [0.3, 0.4) is 0 Å². The monoisotopic (exact) mass is 308 g/mol. The van der Waals surface area contributed by atoms with Gasteiger partial charge in [-0.3, -0.25) is 10.1 Å². The molecule has 0 heterocycles. The lowest BCUT2D eigenvalue weighted by Crippen LogP contribution is -2.22. The molecule has 0 atom stereocenters. The van der Waals surface area contributed by atoms with Crippen LogP contribution in [0.25, 0.3) is 0 Å². The van der Waals surface area contributed by atoms with Gasteiger partial charge in [0.2, 0.25) is 10.0 Å². The lowest BCUT2D eigenvalue weighted by Gasteiger charge is -2.05. The van der Waals surface area contributed by atoms with Gasteiger partial charge in [-0.05, 0) is 6.07 Å². The summed E-state index contributed by atoms with van der Waals surface area (Å²) in [5.41, 5.74) is 0.184. The fraction of sp³-hybridized carbons (Fsp3) is 0.250. The molecule has 1 aromatic carbocycles. The van der Waals surface area contributed by atoms with Crippen molar-refractivity contribution < 1.29 is 13.3 Å². The van der Waals surface area contributed by atoms with E-state index < -0.39 is 14.9 Å². The zero-order valence-corrected chi connectivity index (χ0v) is 10.7. The third-order valence-corrected chi connectivity index (χ3v) is 3.21. The SMILES string of the molecule is CS(=O)(=O)NCc1c(Br)cccc1[N+](=O)[O-]. The van der Waals surface area contributed by atoms with E-state index in [1.54, 1.807) is 6.07 Å². The second kappa shape index (κ2) is 4.89. The van der Waals surface area contributed by atoms with Crippen molar-refractivity contribution in [1.82, 2.24) is 4.72 Å². The molecule has 1 rings (SSSR count). The second-order valence-electron chi connectivity index (χ2n) is 3.09. The Hall–Kier alpha value is -0.990. The quantitative estimate of drug-likeness (QED) is 0.672. The molecule has 0 fully saturated rings. The number of hydrogen-bond donors (Lipinski definition) is 1. The van der Waals surface area contributed by atoms with Crippen LogP contribution in [0.1, 0.15) is 5.56 Å². The van der Waals surface area contributed by atoms with Crippen molar-refractivity contribution in [1.29, 1.82) is 0 Å². The van der Waals surface area contributed by atoms with Gasteiger partial charge < -0.3 is 0 Å². The minimum absolute atomic E-state index is 0.115. The number of nitro groups is 1. The van der Waals surface area contributed by atoms with E-state index >= 15 is 0 Å². The van der Waals surface area contributed by atoms with E-state index in [0.29, 0.717) is 10.0 Å². The van der Waals surface area contributed by atoms with Crippen molar-refractivity contribution >= 4 is 31.6 Å². The van der Waals surface area contributed by atoms with Gasteiger partial charge in [0, 0.05) is 17.1 Å². The van der Waals surface area contributed by atoms with Gasteiger partial charge in [0.05, 0.1) is 16.7 Å². The summed E-state index contributed by atoms with van der Waals surface area (Å²) in [4.78, 5) is 10.2. The van der Waals surface area contributed by atoms with Gasteiger partial charge in [0.15, 0.2) is 0 Å². The molecule has 88 valence electrons. The molecule has 0 unspecified atom stereocenters. The van der Waals surface area contributed by atoms with Crippen LogP contribution in [0.4, 0.5) is 5.69 Å². The fourth-order valence-electron chi connectivity index (χ4n) is 1.10. The number of sulfonamides is 1. The van der Waals surface area contributed by atoms with E-state index in [0.717, 1.165) is 6.26 Å². The van der Waals surface area contributed by atoms with Crippen LogP contribution in [0.5, 0.6) is 0 Å². The fourth-order valence-corrected chi connectivity index (χ4v) is 2.00. The summed E-state index contributed by atoms with van der Waals surface area (Å²) in [6.45, 7) is -0.115. The molecular formula is C8H9BrN2O4S. The maximum atomic E-state index is 10.9. The highest BCUT2D eigenvalue weighted by molar-refractivity contribution is 9.10. The van der Waals surface area contributed by atoms with Crippen molar-refractivity contribution in [3.8, 4) is 0 Å². The molecule has 16 heavy (non-hydrogen) atoms. The van der Waals surface area contributed by atoms with Gasteiger partial charge in [-0.15, -0.1) is 0 Å². The first-order chi connectivity index (χ1) is 7.31. The second-order valence-corrected chi connectivity index (χ2v) is 5.78. The normalized spacial score (nSPS) is 11.4. The van der Waals surface area contributed by atoms with Crippen molar-refractivity contribution in [2.24, 2.45) is 0 Å². The van der Waals surface area contributed by atoms with Gasteiger partial charge in [-0.1, -0.05) is 22.0 Å². The molecule has 0 saturated carbocycles. The van der Waals surface area contributed by atoms with Gasteiger partial charge in [0.25, 0.3) is 5.69 Å². The highest BCUT2D eigenvalue weighted by atomic mass is 79.9. The Labute approximate surface area is 101 Å². The third-order valence-electron chi connectivity index (χ3n) is 1.80. The van der Waals surface area contributed by atoms with Crippen LogP contribution in [-0.2, 0) is 16.6 Å². The summed E-state index contributed by atoms with van der Waals surface area (Å²) in [5, 5.41) is 10.7. The predicted molar refractivity (Wildman–Crippen MR) is 62.5 cm³/mol. The lowest BCUT2D eigenvalue weighted by atomic mass is 10.2. The summed E-state index contributed by atoms with van der Waals surface area (Å²) in [6, 6.07) is 4.46. The average Bonchev–Trinajstić information content (AvgIpc) is 2.13. The van der Waals surface area contributed by atoms with Gasteiger partial charge in [0.1, 0.15) is 0 Å². The number of rotatable bonds is 4. The number of halogens is 1. The number of benzene rings is 1. The van der Waals surface area contributed by atoms with Gasteiger partial charge in [-0.2, -0.15) is 0 Å². The topological polar surface area (TPSA) is 89.3 Å². The minimum Gasteiger partial charge on any atom is -0.258 e. The largest absolute Gasteiger partial charge is 0.275 e. The average molecular weight is 309 g/mol. The Morgan fingerprint density at radius 3 is 2.62 bits per heavy atom. The van der Waals surface area contributed by atoms with E-state index in [9.17, 15) is 18.5 Å². The molecule has 0 spiro atoms. The molecule has 1 N–H and O–H groups in total. The van der Waals surface area contributed by atoms with Crippen LogP contribution < -0.4 is 4.72 Å². The molecule has 0 aliphatic heterocycles. The van der Waals surface area contributed by atoms with E-state index in [1.165, 1.54) is 12.1 Å². The molecule has 0 aliphatic rings. The molecule has 0 aliphatic carbocycles. The third kappa shape index (κ3) is 3.54. The summed E-state index contributed by atoms with van der Waals surface area (Å²) >= 11 is 3.14. The van der Waals surface area contributed by atoms with Crippen molar-refractivity contribution in [2.45, 2.75) is 6.54 Å². The van der Waals surface area contributed by atoms with E-state index in [-0.39, 0.29) is 12.2 Å². The zero-order valence-electron chi connectivity index (χ0n) is 8.31. The Morgan fingerprint density at radius 1 is 1.50 bits per heavy atom. The van der Waals surface area contributed by atoms with Crippen LogP contribution in [0, 0.1) is 10.1 Å². The van der Waals surface area contributed by atoms with Crippen LogP contribution in [0.2, 0.25) is 0 Å². The van der Waals surface area contributed by atoms with E-state index in [1.807, 2.05) is 0 Å². The van der Waals surface area contributed by atoms with Gasteiger partial charge >= 0.3 is 0 Å². The molecular weight excluding hydrogens is 300 g/mol. The molecule has 6 nitrogen and oxygen atoms in total. The van der Waals surface area contributed by atoms with Crippen molar-refractivity contribution in [2.75, 3.05) is 6.26 Å². The Kier molecular flexibility index (Phi) is 4.00. The molecule has 1 aromatic rings. The Bertz CT molecular complexity index is 515.